The number of amides is 1. The largest absolute Gasteiger partial charge is 0.489 e. The molecule has 1 aliphatic rings. The van der Waals surface area contributed by atoms with Crippen molar-refractivity contribution in [2.24, 2.45) is 0 Å². The second-order valence-corrected chi connectivity index (χ2v) is 8.03. The lowest BCUT2D eigenvalue weighted by atomic mass is 10.0. The number of carbonyl (C=O) groups is 1. The summed E-state index contributed by atoms with van der Waals surface area (Å²) >= 11 is 1.32. The van der Waals surface area contributed by atoms with Crippen molar-refractivity contribution < 1.29 is 9.53 Å². The molecule has 0 bridgehead atoms. The Morgan fingerprint density at radius 3 is 2.52 bits per heavy atom. The molecule has 1 N–H and O–H groups in total. The van der Waals surface area contributed by atoms with Crippen LogP contribution in [-0.2, 0) is 4.79 Å². The van der Waals surface area contributed by atoms with Crippen LogP contribution in [0.2, 0.25) is 0 Å². The van der Waals surface area contributed by atoms with Crippen LogP contribution in [0.1, 0.15) is 11.6 Å². The number of ether oxygens (including phenoxy) is 1. The van der Waals surface area contributed by atoms with Crippen molar-refractivity contribution in [1.29, 1.82) is 0 Å². The molecule has 1 aromatic heterocycles. The highest BCUT2D eigenvalue weighted by Crippen LogP contribution is 2.39. The lowest BCUT2D eigenvalue weighted by Crippen LogP contribution is -2.42. The number of thioether (sulfide) groups is 1. The summed E-state index contributed by atoms with van der Waals surface area (Å²) in [4.78, 5) is 19.7. The third kappa shape index (κ3) is 4.04. The quantitative estimate of drug-likeness (QED) is 0.465. The average molecular weight is 429 g/mol. The van der Waals surface area contributed by atoms with E-state index in [0.717, 1.165) is 22.6 Å². The van der Waals surface area contributed by atoms with Crippen LogP contribution in [0.5, 0.6) is 5.75 Å². The molecular formula is C24H20N4O2S. The Morgan fingerprint density at radius 2 is 1.71 bits per heavy atom. The summed E-state index contributed by atoms with van der Waals surface area (Å²) in [6.07, 6.45) is 0. The lowest BCUT2D eigenvalue weighted by Gasteiger charge is -2.37. The van der Waals surface area contributed by atoms with E-state index in [1.807, 2.05) is 89.8 Å². The van der Waals surface area contributed by atoms with Gasteiger partial charge in [-0.25, -0.2) is 4.98 Å². The highest BCUT2D eigenvalue weighted by molar-refractivity contribution is 7.99. The standard InChI is InChI=1S/C24H20N4O2S/c29-22(16-31-24-25-23(26-27-24)18-11-5-2-6-12-18)28-19-13-7-8-14-21(19)30-15-20(28)17-9-3-1-4-10-17/h1-14,20H,15-16H2,(H,25,26,27). The number of anilines is 1. The van der Waals surface area contributed by atoms with Crippen molar-refractivity contribution in [2.45, 2.75) is 11.2 Å². The number of H-pyrrole nitrogens is 1. The molecule has 6 nitrogen and oxygen atoms in total. The smallest absolute Gasteiger partial charge is 0.238 e. The molecule has 1 amide bonds. The van der Waals surface area contributed by atoms with Gasteiger partial charge in [0.25, 0.3) is 0 Å². The zero-order chi connectivity index (χ0) is 21.0. The van der Waals surface area contributed by atoms with Gasteiger partial charge in [-0.15, -0.1) is 5.10 Å². The van der Waals surface area contributed by atoms with Crippen LogP contribution >= 0.6 is 11.8 Å². The van der Waals surface area contributed by atoms with E-state index in [2.05, 4.69) is 15.2 Å². The normalized spacial score (nSPS) is 15.2. The van der Waals surface area contributed by atoms with E-state index in [0.29, 0.717) is 17.6 Å². The molecule has 5 rings (SSSR count). The fourth-order valence-corrected chi connectivity index (χ4v) is 4.31. The first-order chi connectivity index (χ1) is 15.3. The average Bonchev–Trinajstić information content (AvgIpc) is 3.32. The first-order valence-electron chi connectivity index (χ1n) is 9.99. The SMILES string of the molecule is O=C(CSc1n[nH]c(-c2ccccc2)n1)N1c2ccccc2OCC1c1ccccc1. The first kappa shape index (κ1) is 19.4. The maximum Gasteiger partial charge on any atom is 0.238 e. The Hall–Kier alpha value is -3.58. The summed E-state index contributed by atoms with van der Waals surface area (Å²) in [6.45, 7) is 0.413. The molecule has 154 valence electrons. The van der Waals surface area contributed by atoms with E-state index in [-0.39, 0.29) is 17.7 Å². The highest BCUT2D eigenvalue weighted by Gasteiger charge is 2.33. The molecule has 0 radical (unpaired) electrons. The second kappa shape index (κ2) is 8.65. The third-order valence-corrected chi connectivity index (χ3v) is 5.96. The minimum absolute atomic E-state index is 0.0133. The van der Waals surface area contributed by atoms with Gasteiger partial charge in [0, 0.05) is 5.56 Å². The molecule has 31 heavy (non-hydrogen) atoms. The molecule has 0 saturated heterocycles. The van der Waals surface area contributed by atoms with Crippen LogP contribution < -0.4 is 9.64 Å². The number of aromatic nitrogens is 3. The maximum absolute atomic E-state index is 13.4. The Kier molecular flexibility index (Phi) is 5.41. The van der Waals surface area contributed by atoms with E-state index in [9.17, 15) is 4.79 Å². The van der Waals surface area contributed by atoms with Crippen molar-refractivity contribution in [3.63, 3.8) is 0 Å². The number of hydrogen-bond donors (Lipinski definition) is 1. The van der Waals surface area contributed by atoms with Crippen molar-refractivity contribution in [1.82, 2.24) is 15.2 Å². The number of para-hydroxylation sites is 2. The van der Waals surface area contributed by atoms with Gasteiger partial charge in [0.2, 0.25) is 11.1 Å². The molecule has 7 heteroatoms. The van der Waals surface area contributed by atoms with Crippen LogP contribution in [0.25, 0.3) is 11.4 Å². The zero-order valence-electron chi connectivity index (χ0n) is 16.6. The van der Waals surface area contributed by atoms with Crippen LogP contribution in [0.3, 0.4) is 0 Å². The predicted octanol–water partition coefficient (Wildman–Crippen LogP) is 4.73. The number of fused-ring (bicyclic) bond motifs is 1. The predicted molar refractivity (Wildman–Crippen MR) is 121 cm³/mol. The summed E-state index contributed by atoms with van der Waals surface area (Å²) in [6, 6.07) is 27.2. The number of nitrogens with zero attached hydrogens (tertiary/aromatic N) is 3. The van der Waals surface area contributed by atoms with Gasteiger partial charge in [-0.05, 0) is 17.7 Å². The zero-order valence-corrected chi connectivity index (χ0v) is 17.5. The minimum Gasteiger partial charge on any atom is -0.489 e. The molecular weight excluding hydrogens is 408 g/mol. The monoisotopic (exact) mass is 428 g/mol. The van der Waals surface area contributed by atoms with E-state index in [4.69, 9.17) is 4.74 Å². The van der Waals surface area contributed by atoms with Crippen molar-refractivity contribution in [2.75, 3.05) is 17.3 Å². The Balaban J connectivity index is 1.37. The highest BCUT2D eigenvalue weighted by atomic mass is 32.2. The fraction of sp³-hybridized carbons (Fsp3) is 0.125. The van der Waals surface area contributed by atoms with Gasteiger partial charge in [-0.1, -0.05) is 84.6 Å². The van der Waals surface area contributed by atoms with Crippen molar-refractivity contribution in [3.8, 4) is 17.1 Å². The van der Waals surface area contributed by atoms with Gasteiger partial charge in [0.05, 0.1) is 17.5 Å². The van der Waals surface area contributed by atoms with Crippen LogP contribution in [-0.4, -0.2) is 33.4 Å². The van der Waals surface area contributed by atoms with E-state index in [1.54, 1.807) is 0 Å². The van der Waals surface area contributed by atoms with Gasteiger partial charge in [-0.2, -0.15) is 0 Å². The van der Waals surface area contributed by atoms with Gasteiger partial charge in [0.1, 0.15) is 12.4 Å². The third-order valence-electron chi connectivity index (χ3n) is 5.12. The van der Waals surface area contributed by atoms with Crippen molar-refractivity contribution >= 4 is 23.4 Å². The number of hydrogen-bond acceptors (Lipinski definition) is 5. The summed E-state index contributed by atoms with van der Waals surface area (Å²) in [5.74, 6) is 1.62. The summed E-state index contributed by atoms with van der Waals surface area (Å²) in [5, 5.41) is 7.76. The molecule has 0 aliphatic carbocycles. The Morgan fingerprint density at radius 1 is 1.00 bits per heavy atom. The van der Waals surface area contributed by atoms with Crippen LogP contribution in [0.15, 0.2) is 90.1 Å². The fourth-order valence-electron chi connectivity index (χ4n) is 3.65. The minimum atomic E-state index is -0.184. The summed E-state index contributed by atoms with van der Waals surface area (Å²) in [7, 11) is 0. The van der Waals surface area contributed by atoms with E-state index < -0.39 is 0 Å². The molecule has 2 heterocycles. The number of rotatable bonds is 5. The van der Waals surface area contributed by atoms with Crippen LogP contribution in [0.4, 0.5) is 5.69 Å². The lowest BCUT2D eigenvalue weighted by molar-refractivity contribution is -0.117. The van der Waals surface area contributed by atoms with E-state index >= 15 is 0 Å². The van der Waals surface area contributed by atoms with Gasteiger partial charge in [-0.3, -0.25) is 14.8 Å². The first-order valence-corrected chi connectivity index (χ1v) is 11.0. The van der Waals surface area contributed by atoms with Gasteiger partial charge < -0.3 is 4.74 Å². The molecule has 0 saturated carbocycles. The molecule has 0 fully saturated rings. The topological polar surface area (TPSA) is 71.1 Å². The van der Waals surface area contributed by atoms with Crippen molar-refractivity contribution in [3.05, 3.63) is 90.5 Å². The molecule has 4 aromatic rings. The van der Waals surface area contributed by atoms with Gasteiger partial charge >= 0.3 is 0 Å². The molecule has 0 spiro atoms. The summed E-state index contributed by atoms with van der Waals surface area (Å²) in [5.41, 5.74) is 2.78. The molecule has 1 aliphatic heterocycles. The van der Waals surface area contributed by atoms with Gasteiger partial charge in [0.15, 0.2) is 5.82 Å². The Labute approximate surface area is 184 Å². The number of aromatic amines is 1. The van der Waals surface area contributed by atoms with Crippen LogP contribution in [0, 0.1) is 0 Å². The number of benzene rings is 3. The molecule has 1 unspecified atom stereocenters. The van der Waals surface area contributed by atoms with E-state index in [1.165, 1.54) is 11.8 Å². The molecule has 3 aromatic carbocycles. The second-order valence-electron chi connectivity index (χ2n) is 7.09. The summed E-state index contributed by atoms with van der Waals surface area (Å²) < 4.78 is 5.96. The molecule has 1 atom stereocenters. The number of carbonyl (C=O) groups excluding carboxylic acids is 1. The Bertz CT molecular complexity index is 1180. The number of nitrogens with one attached hydrogen (secondary N) is 1. The maximum atomic E-state index is 13.4.